The molecule has 1 saturated heterocycles. The third-order valence-corrected chi connectivity index (χ3v) is 5.31. The van der Waals surface area contributed by atoms with Crippen LogP contribution in [0.3, 0.4) is 0 Å². The molecule has 0 saturated carbocycles. The molecule has 0 bridgehead atoms. The Morgan fingerprint density at radius 2 is 1.67 bits per heavy atom. The summed E-state index contributed by atoms with van der Waals surface area (Å²) in [6, 6.07) is 9.94. The largest absolute Gasteiger partial charge is 0.479 e. The number of hydrogen-bond acceptors (Lipinski definition) is 7. The number of amides is 1. The van der Waals surface area contributed by atoms with Crippen LogP contribution in [0.5, 0.6) is 5.75 Å². The first-order valence-electron chi connectivity index (χ1n) is 9.57. The van der Waals surface area contributed by atoms with Crippen molar-refractivity contribution >= 4 is 52.5 Å². The van der Waals surface area contributed by atoms with Crippen LogP contribution in [0.4, 0.5) is 5.69 Å². The van der Waals surface area contributed by atoms with Gasteiger partial charge in [-0.05, 0) is 60.2 Å². The average molecular weight is 470 g/mol. The number of benzene rings is 2. The van der Waals surface area contributed by atoms with Crippen molar-refractivity contribution in [3.63, 3.8) is 0 Å². The number of carbonyl (C=O) groups is 4. The zero-order chi connectivity index (χ0) is 24.1. The molecule has 33 heavy (non-hydrogen) atoms. The van der Waals surface area contributed by atoms with Crippen LogP contribution in [-0.2, 0) is 9.59 Å². The fraction of sp³-hybridized carbons (Fsp3) is 0.136. The number of amidine groups is 1. The van der Waals surface area contributed by atoms with E-state index in [0.29, 0.717) is 22.6 Å². The number of aliphatic imine (C=N–C) groups is 1. The molecular formula is C22H18N2O8S. The van der Waals surface area contributed by atoms with Gasteiger partial charge in [-0.3, -0.25) is 4.79 Å². The third-order valence-electron chi connectivity index (χ3n) is 4.40. The van der Waals surface area contributed by atoms with Crippen molar-refractivity contribution in [3.8, 4) is 5.75 Å². The Bertz CT molecular complexity index is 1160. The van der Waals surface area contributed by atoms with E-state index < -0.39 is 29.9 Å². The van der Waals surface area contributed by atoms with Gasteiger partial charge >= 0.3 is 17.9 Å². The molecule has 2 aromatic rings. The van der Waals surface area contributed by atoms with Gasteiger partial charge in [0.1, 0.15) is 5.75 Å². The molecule has 1 aliphatic heterocycles. The molecule has 11 heteroatoms. The Hall–Kier alpha value is -4.12. The summed E-state index contributed by atoms with van der Waals surface area (Å²) in [4.78, 5) is 50.3. The molecule has 0 radical (unpaired) electrons. The van der Waals surface area contributed by atoms with Crippen LogP contribution in [0, 0.1) is 0 Å². The van der Waals surface area contributed by atoms with Crippen molar-refractivity contribution in [2.75, 3.05) is 0 Å². The molecule has 2 aromatic carbocycles. The Balaban J connectivity index is 1.79. The number of hydrogen-bond donors (Lipinski definition) is 4. The molecular weight excluding hydrogens is 452 g/mol. The maximum Gasteiger partial charge on any atom is 0.344 e. The number of carbonyl (C=O) groups excluding carboxylic acids is 1. The number of aromatic carboxylic acids is 2. The van der Waals surface area contributed by atoms with Gasteiger partial charge in [-0.25, -0.2) is 19.4 Å². The summed E-state index contributed by atoms with van der Waals surface area (Å²) in [5.74, 6) is -3.71. The number of nitrogens with one attached hydrogen (secondary N) is 1. The summed E-state index contributed by atoms with van der Waals surface area (Å²) in [5, 5.41) is 30.1. The normalized spacial score (nSPS) is 16.5. The van der Waals surface area contributed by atoms with Crippen molar-refractivity contribution in [1.29, 1.82) is 0 Å². The molecule has 10 nitrogen and oxygen atoms in total. The minimum Gasteiger partial charge on any atom is -0.479 e. The highest BCUT2D eigenvalue weighted by Gasteiger charge is 2.24. The zero-order valence-electron chi connectivity index (χ0n) is 17.1. The van der Waals surface area contributed by atoms with Crippen LogP contribution >= 0.6 is 11.8 Å². The Morgan fingerprint density at radius 1 is 1.06 bits per heavy atom. The van der Waals surface area contributed by atoms with E-state index in [2.05, 4.69) is 10.3 Å². The molecule has 0 aromatic heterocycles. The summed E-state index contributed by atoms with van der Waals surface area (Å²) in [5.41, 5.74) is 0.247. The molecule has 0 spiro atoms. The minimum atomic E-state index is -1.30. The highest BCUT2D eigenvalue weighted by atomic mass is 32.2. The average Bonchev–Trinajstić information content (AvgIpc) is 3.10. The second kappa shape index (κ2) is 10.0. The molecule has 1 atom stereocenters. The van der Waals surface area contributed by atoms with Gasteiger partial charge in [-0.15, -0.1) is 0 Å². The zero-order valence-corrected chi connectivity index (χ0v) is 18.0. The van der Waals surface area contributed by atoms with Crippen molar-refractivity contribution in [2.45, 2.75) is 19.4 Å². The quantitative estimate of drug-likeness (QED) is 0.424. The predicted octanol–water partition coefficient (Wildman–Crippen LogP) is 3.22. The van der Waals surface area contributed by atoms with Gasteiger partial charge in [0, 0.05) is 0 Å². The highest BCUT2D eigenvalue weighted by molar-refractivity contribution is 8.18. The molecule has 1 fully saturated rings. The lowest BCUT2D eigenvalue weighted by atomic mass is 10.1. The van der Waals surface area contributed by atoms with Crippen molar-refractivity contribution < 1.29 is 39.2 Å². The predicted molar refractivity (Wildman–Crippen MR) is 120 cm³/mol. The van der Waals surface area contributed by atoms with E-state index in [-0.39, 0.29) is 22.0 Å². The van der Waals surface area contributed by atoms with E-state index in [4.69, 9.17) is 20.1 Å². The van der Waals surface area contributed by atoms with Gasteiger partial charge in [0.05, 0.1) is 21.7 Å². The van der Waals surface area contributed by atoms with E-state index in [1.165, 1.54) is 12.1 Å². The molecule has 3 rings (SSSR count). The lowest BCUT2D eigenvalue weighted by Gasteiger charge is -2.13. The number of carboxylic acids is 3. The van der Waals surface area contributed by atoms with E-state index in [1.807, 2.05) is 0 Å². The van der Waals surface area contributed by atoms with Crippen LogP contribution in [0.2, 0.25) is 0 Å². The number of aliphatic carboxylic acids is 1. The van der Waals surface area contributed by atoms with Gasteiger partial charge in [0.25, 0.3) is 5.91 Å². The standard InChI is InChI=1S/C22H18N2O8S/c1-2-16(21(30)31)32-15-5-3-11(4-6-15)7-17-18(25)24-22(33-17)23-14-9-12(19(26)27)8-13(10-14)20(28)29/h3-10,16H,2H2,1H3,(H,26,27)(H,28,29)(H,30,31)(H,23,24,25)/b17-7-. The van der Waals surface area contributed by atoms with E-state index in [9.17, 15) is 19.2 Å². The van der Waals surface area contributed by atoms with Gasteiger partial charge in [0.15, 0.2) is 11.3 Å². The fourth-order valence-corrected chi connectivity index (χ4v) is 3.63. The Morgan fingerprint density at radius 3 is 2.18 bits per heavy atom. The molecule has 0 aliphatic carbocycles. The van der Waals surface area contributed by atoms with Crippen LogP contribution in [-0.4, -0.2) is 50.4 Å². The molecule has 170 valence electrons. The van der Waals surface area contributed by atoms with Gasteiger partial charge in [-0.1, -0.05) is 19.1 Å². The molecule has 1 unspecified atom stereocenters. The number of thioether (sulfide) groups is 1. The lowest BCUT2D eigenvalue weighted by molar-refractivity contribution is -0.145. The van der Waals surface area contributed by atoms with Crippen molar-refractivity contribution in [1.82, 2.24) is 5.32 Å². The van der Waals surface area contributed by atoms with Crippen LogP contribution < -0.4 is 10.1 Å². The van der Waals surface area contributed by atoms with Gasteiger partial charge in [-0.2, -0.15) is 0 Å². The smallest absolute Gasteiger partial charge is 0.344 e. The lowest BCUT2D eigenvalue weighted by Crippen LogP contribution is -2.25. The SMILES string of the molecule is CCC(Oc1ccc(/C=C2\SC(=Nc3cc(C(=O)O)cc(C(=O)O)c3)NC2=O)cc1)C(=O)O. The second-order valence-corrected chi connectivity index (χ2v) is 7.81. The molecule has 1 amide bonds. The van der Waals surface area contributed by atoms with Crippen LogP contribution in [0.1, 0.15) is 39.6 Å². The van der Waals surface area contributed by atoms with Gasteiger partial charge in [0.2, 0.25) is 0 Å². The topological polar surface area (TPSA) is 163 Å². The molecule has 1 heterocycles. The monoisotopic (exact) mass is 470 g/mol. The number of carboxylic acid groups (broad SMARTS) is 3. The molecule has 4 N–H and O–H groups in total. The van der Waals surface area contributed by atoms with E-state index in [0.717, 1.165) is 17.8 Å². The Kier molecular flexibility index (Phi) is 7.13. The van der Waals surface area contributed by atoms with E-state index in [1.54, 1.807) is 37.3 Å². The van der Waals surface area contributed by atoms with E-state index >= 15 is 0 Å². The second-order valence-electron chi connectivity index (χ2n) is 6.78. The summed E-state index contributed by atoms with van der Waals surface area (Å²) < 4.78 is 5.40. The number of nitrogens with zero attached hydrogens (tertiary/aromatic N) is 1. The summed E-state index contributed by atoms with van der Waals surface area (Å²) >= 11 is 1.01. The van der Waals surface area contributed by atoms with Gasteiger partial charge < -0.3 is 25.4 Å². The first-order chi connectivity index (χ1) is 15.7. The van der Waals surface area contributed by atoms with Crippen LogP contribution in [0.15, 0.2) is 52.4 Å². The minimum absolute atomic E-state index is 0.0711. The summed E-state index contributed by atoms with van der Waals surface area (Å²) in [6.07, 6.45) is 0.950. The van der Waals surface area contributed by atoms with Crippen molar-refractivity contribution in [2.24, 2.45) is 4.99 Å². The van der Waals surface area contributed by atoms with Crippen LogP contribution in [0.25, 0.3) is 6.08 Å². The molecule has 1 aliphatic rings. The first kappa shape index (κ1) is 23.5. The maximum atomic E-state index is 12.3. The summed E-state index contributed by atoms with van der Waals surface area (Å²) in [7, 11) is 0. The first-order valence-corrected chi connectivity index (χ1v) is 10.4. The number of rotatable bonds is 8. The Labute approximate surface area is 191 Å². The maximum absolute atomic E-state index is 12.3. The number of ether oxygens (including phenoxy) is 1. The summed E-state index contributed by atoms with van der Waals surface area (Å²) in [6.45, 7) is 1.70. The fourth-order valence-electron chi connectivity index (χ4n) is 2.79. The third kappa shape index (κ3) is 5.98. The highest BCUT2D eigenvalue weighted by Crippen LogP contribution is 2.29. The van der Waals surface area contributed by atoms with Crippen molar-refractivity contribution in [3.05, 3.63) is 64.1 Å².